The molecule has 228 valence electrons. The number of carbonyl (C=O) groups is 3. The Morgan fingerprint density at radius 1 is 0.905 bits per heavy atom. The number of rotatable bonds is 17. The van der Waals surface area contributed by atoms with Crippen LogP contribution in [0.5, 0.6) is 0 Å². The third kappa shape index (κ3) is 12.0. The molecule has 0 aliphatic rings. The van der Waals surface area contributed by atoms with Crippen LogP contribution in [0.2, 0.25) is 0 Å². The quantitative estimate of drug-likeness (QED) is 0.182. The van der Waals surface area contributed by atoms with Gasteiger partial charge in [-0.2, -0.15) is 0 Å². The van der Waals surface area contributed by atoms with Crippen molar-refractivity contribution in [1.82, 2.24) is 10.6 Å². The topological polar surface area (TPSA) is 105 Å². The Bertz CT molecular complexity index is 1160. The third-order valence-electron chi connectivity index (χ3n) is 7.10. The first-order valence-corrected chi connectivity index (χ1v) is 14.3. The molecule has 2 rings (SSSR count). The molecule has 0 spiro atoms. The number of ether oxygens (including phenoxy) is 1. The zero-order valence-electron chi connectivity index (χ0n) is 25.0. The first-order chi connectivity index (χ1) is 20.0. The molecule has 0 fully saturated rings. The maximum Gasteiger partial charge on any atom is 0.309 e. The lowest BCUT2D eigenvalue weighted by Gasteiger charge is -2.32. The van der Waals surface area contributed by atoms with Gasteiger partial charge in [0.15, 0.2) is 0 Å². The van der Waals surface area contributed by atoms with Crippen LogP contribution in [-0.4, -0.2) is 48.2 Å². The minimum Gasteiger partial charge on any atom is -0.463 e. The molecule has 0 aliphatic carbocycles. The number of benzene rings is 2. The van der Waals surface area contributed by atoms with E-state index in [9.17, 15) is 23.9 Å². The number of hydrogen-bond donors (Lipinski definition) is 3. The van der Waals surface area contributed by atoms with E-state index in [-0.39, 0.29) is 43.7 Å². The summed E-state index contributed by atoms with van der Waals surface area (Å²) < 4.78 is 19.0. The Balaban J connectivity index is 2.02. The van der Waals surface area contributed by atoms with Gasteiger partial charge < -0.3 is 20.5 Å². The minimum atomic E-state index is -0.689. The first-order valence-electron chi connectivity index (χ1n) is 14.3. The number of amides is 2. The van der Waals surface area contributed by atoms with Gasteiger partial charge in [0.2, 0.25) is 11.8 Å². The maximum absolute atomic E-state index is 13.3. The number of halogens is 1. The first kappa shape index (κ1) is 34.4. The second-order valence-corrected chi connectivity index (χ2v) is 11.7. The van der Waals surface area contributed by atoms with Crippen LogP contribution in [0, 0.1) is 23.1 Å². The van der Waals surface area contributed by atoms with E-state index in [2.05, 4.69) is 23.8 Å². The summed E-state index contributed by atoms with van der Waals surface area (Å²) in [6.07, 6.45) is 4.64. The number of nitrogens with one attached hydrogen (secondary N) is 2. The van der Waals surface area contributed by atoms with Crippen molar-refractivity contribution >= 4 is 17.8 Å². The minimum absolute atomic E-state index is 0.0538. The van der Waals surface area contributed by atoms with E-state index in [1.54, 1.807) is 24.3 Å². The monoisotopic (exact) mass is 580 g/mol. The van der Waals surface area contributed by atoms with Crippen LogP contribution in [0.25, 0.3) is 0 Å². The number of hydrogen-bond acceptors (Lipinski definition) is 5. The van der Waals surface area contributed by atoms with E-state index < -0.39 is 35.3 Å². The van der Waals surface area contributed by atoms with E-state index in [1.807, 2.05) is 51.1 Å². The lowest BCUT2D eigenvalue weighted by molar-refractivity contribution is -0.150. The van der Waals surface area contributed by atoms with Crippen molar-refractivity contribution in [3.63, 3.8) is 0 Å². The molecule has 0 unspecified atom stereocenters. The summed E-state index contributed by atoms with van der Waals surface area (Å²) in [5.41, 5.74) is 1.32. The van der Waals surface area contributed by atoms with Crippen molar-refractivity contribution in [3.05, 3.63) is 96.9 Å². The molecule has 0 radical (unpaired) electrons. The van der Waals surface area contributed by atoms with Gasteiger partial charge in [0.05, 0.1) is 30.5 Å². The predicted molar refractivity (Wildman–Crippen MR) is 163 cm³/mol. The fourth-order valence-corrected chi connectivity index (χ4v) is 4.50. The molecule has 0 aliphatic heterocycles. The maximum atomic E-state index is 13.3. The number of aliphatic hydroxyl groups excluding tert-OH is 1. The molecule has 0 saturated carbocycles. The normalized spacial score (nSPS) is 14.1. The van der Waals surface area contributed by atoms with Gasteiger partial charge in [-0.1, -0.05) is 75.4 Å². The van der Waals surface area contributed by atoms with Crippen LogP contribution in [0.3, 0.4) is 0 Å². The Morgan fingerprint density at radius 2 is 1.50 bits per heavy atom. The van der Waals surface area contributed by atoms with Crippen LogP contribution in [0.15, 0.2) is 79.9 Å². The summed E-state index contributed by atoms with van der Waals surface area (Å²) in [6, 6.07) is 14.5. The third-order valence-corrected chi connectivity index (χ3v) is 7.10. The molecular weight excluding hydrogens is 535 g/mol. The predicted octanol–water partition coefficient (Wildman–Crippen LogP) is 4.94. The van der Waals surface area contributed by atoms with Gasteiger partial charge in [-0.3, -0.25) is 14.4 Å². The molecule has 3 N–H and O–H groups in total. The molecule has 0 aromatic heterocycles. The van der Waals surface area contributed by atoms with Crippen LogP contribution in [0.1, 0.15) is 51.2 Å². The second kappa shape index (κ2) is 17.2. The molecule has 4 atom stereocenters. The van der Waals surface area contributed by atoms with E-state index in [0.29, 0.717) is 19.3 Å². The molecule has 7 nitrogen and oxygen atoms in total. The number of aliphatic hydroxyl groups is 1. The van der Waals surface area contributed by atoms with Crippen molar-refractivity contribution in [2.75, 3.05) is 13.2 Å². The SMILES string of the molecule is C=CC[C@@H](CC(=O)N[C@@H](CO)Cc1ccccc1)C(=O)N[C@H](COC(=O)[C@@H](CC=C)Cc1ccc(F)cc1)C(C)(C)C. The van der Waals surface area contributed by atoms with Gasteiger partial charge in [0.1, 0.15) is 12.4 Å². The summed E-state index contributed by atoms with van der Waals surface area (Å²) in [5.74, 6) is -2.67. The zero-order chi connectivity index (χ0) is 31.1. The van der Waals surface area contributed by atoms with E-state index in [0.717, 1.165) is 11.1 Å². The molecule has 8 heteroatoms. The lowest BCUT2D eigenvalue weighted by Crippen LogP contribution is -2.50. The molecule has 42 heavy (non-hydrogen) atoms. The largest absolute Gasteiger partial charge is 0.463 e. The van der Waals surface area contributed by atoms with Crippen LogP contribution in [-0.2, 0) is 32.0 Å². The van der Waals surface area contributed by atoms with Gasteiger partial charge in [0, 0.05) is 6.42 Å². The van der Waals surface area contributed by atoms with E-state index in [1.165, 1.54) is 12.1 Å². The smallest absolute Gasteiger partial charge is 0.309 e. The summed E-state index contributed by atoms with van der Waals surface area (Å²) in [6.45, 7) is 13.0. The Kier molecular flexibility index (Phi) is 14.1. The summed E-state index contributed by atoms with van der Waals surface area (Å²) in [5, 5.41) is 15.6. The standard InChI is InChI=1S/C34H45FN2O5/c1-6-11-26(21-31(39)36-29(22-38)20-24-13-9-8-10-14-24)32(40)37-30(34(3,4)5)23-42-33(41)27(12-7-2)19-25-15-17-28(35)18-16-25/h6-10,13-18,26-27,29-30,38H,1-2,11-12,19-23H2,3-5H3,(H,36,39)(H,37,40)/t26-,27-,29+,30+/m0/s1. The highest BCUT2D eigenvalue weighted by Crippen LogP contribution is 2.23. The van der Waals surface area contributed by atoms with Gasteiger partial charge in [-0.05, 0) is 54.4 Å². The Morgan fingerprint density at radius 3 is 2.07 bits per heavy atom. The van der Waals surface area contributed by atoms with Crippen LogP contribution < -0.4 is 10.6 Å². The summed E-state index contributed by atoms with van der Waals surface area (Å²) in [7, 11) is 0. The van der Waals surface area contributed by atoms with Gasteiger partial charge in [-0.15, -0.1) is 13.2 Å². The van der Waals surface area contributed by atoms with Crippen molar-refractivity contribution in [3.8, 4) is 0 Å². The lowest BCUT2D eigenvalue weighted by atomic mass is 9.86. The zero-order valence-corrected chi connectivity index (χ0v) is 25.0. The fourth-order valence-electron chi connectivity index (χ4n) is 4.50. The number of carbonyl (C=O) groups excluding carboxylic acids is 3. The van der Waals surface area contributed by atoms with Crippen LogP contribution in [0.4, 0.5) is 4.39 Å². The average Bonchev–Trinajstić information content (AvgIpc) is 2.95. The number of allylic oxidation sites excluding steroid dienone is 2. The Labute approximate surface area is 249 Å². The molecule has 2 amide bonds. The molecule has 2 aromatic rings. The van der Waals surface area contributed by atoms with E-state index in [4.69, 9.17) is 4.74 Å². The van der Waals surface area contributed by atoms with Crippen LogP contribution >= 0.6 is 0 Å². The van der Waals surface area contributed by atoms with Crippen molar-refractivity contribution in [1.29, 1.82) is 0 Å². The molecule has 2 aromatic carbocycles. The fraction of sp³-hybridized carbons (Fsp3) is 0.441. The summed E-state index contributed by atoms with van der Waals surface area (Å²) >= 11 is 0. The number of esters is 1. The van der Waals surface area contributed by atoms with Gasteiger partial charge >= 0.3 is 5.97 Å². The highest BCUT2D eigenvalue weighted by molar-refractivity contribution is 5.86. The Hall–Kier alpha value is -3.78. The average molecular weight is 581 g/mol. The molecule has 0 saturated heterocycles. The van der Waals surface area contributed by atoms with Gasteiger partial charge in [0.25, 0.3) is 0 Å². The highest BCUT2D eigenvalue weighted by atomic mass is 19.1. The summed E-state index contributed by atoms with van der Waals surface area (Å²) in [4.78, 5) is 39.2. The molecule has 0 bridgehead atoms. The van der Waals surface area contributed by atoms with Crippen molar-refractivity contribution in [2.24, 2.45) is 17.3 Å². The van der Waals surface area contributed by atoms with Crippen molar-refractivity contribution < 1.29 is 28.6 Å². The van der Waals surface area contributed by atoms with Gasteiger partial charge in [-0.25, -0.2) is 4.39 Å². The molecular formula is C34H45FN2O5. The van der Waals surface area contributed by atoms with E-state index >= 15 is 0 Å². The van der Waals surface area contributed by atoms with Crippen molar-refractivity contribution in [2.45, 2.75) is 65.0 Å². The molecule has 0 heterocycles. The second-order valence-electron chi connectivity index (χ2n) is 11.7. The highest BCUT2D eigenvalue weighted by Gasteiger charge is 2.32.